The fourth-order valence-electron chi connectivity index (χ4n) is 3.52. The summed E-state index contributed by atoms with van der Waals surface area (Å²) in [5.74, 6) is 1.26. The van der Waals surface area contributed by atoms with Gasteiger partial charge in [-0.15, -0.1) is 0 Å². The van der Waals surface area contributed by atoms with Crippen LogP contribution in [0.1, 0.15) is 37.2 Å². The number of aromatic amines is 1. The Morgan fingerprint density at radius 2 is 2.24 bits per heavy atom. The minimum absolute atomic E-state index is 0.0186. The van der Waals surface area contributed by atoms with Crippen molar-refractivity contribution in [2.24, 2.45) is 0 Å². The minimum atomic E-state index is 0.0186. The lowest BCUT2D eigenvalue weighted by molar-refractivity contribution is 0.192. The van der Waals surface area contributed by atoms with Crippen molar-refractivity contribution in [1.82, 2.24) is 34.1 Å². The summed E-state index contributed by atoms with van der Waals surface area (Å²) in [5, 5.41) is 4.70. The van der Waals surface area contributed by atoms with Gasteiger partial charge in [0, 0.05) is 44.0 Å². The van der Waals surface area contributed by atoms with Crippen molar-refractivity contribution in [1.29, 1.82) is 0 Å². The Morgan fingerprint density at radius 1 is 1.40 bits per heavy atom. The van der Waals surface area contributed by atoms with Crippen molar-refractivity contribution in [3.05, 3.63) is 34.5 Å². The number of H-pyrrole nitrogens is 1. The van der Waals surface area contributed by atoms with Crippen LogP contribution >= 0.6 is 0 Å². The highest BCUT2D eigenvalue weighted by molar-refractivity contribution is 5.02. The second kappa shape index (κ2) is 7.97. The Labute approximate surface area is 148 Å². The molecule has 0 aliphatic carbocycles. The van der Waals surface area contributed by atoms with Crippen LogP contribution in [-0.2, 0) is 19.6 Å². The van der Waals surface area contributed by atoms with Gasteiger partial charge in [-0.05, 0) is 40.4 Å². The smallest absolute Gasteiger partial charge is 0.345 e. The number of rotatable bonds is 7. The van der Waals surface area contributed by atoms with Crippen LogP contribution in [0.2, 0.25) is 0 Å². The van der Waals surface area contributed by atoms with E-state index in [4.69, 9.17) is 5.10 Å². The van der Waals surface area contributed by atoms with Gasteiger partial charge in [0.1, 0.15) is 5.82 Å². The van der Waals surface area contributed by atoms with Gasteiger partial charge in [0.2, 0.25) is 0 Å². The van der Waals surface area contributed by atoms with Crippen LogP contribution in [0.15, 0.2) is 17.3 Å². The van der Waals surface area contributed by atoms with E-state index < -0.39 is 0 Å². The molecular weight excluding hydrogens is 318 g/mol. The number of likely N-dealkylation sites (tertiary alicyclic amines) is 1. The monoisotopic (exact) mass is 347 g/mol. The first kappa shape index (κ1) is 17.9. The third-order valence-electron chi connectivity index (χ3n) is 4.85. The Bertz CT molecular complexity index is 716. The Kier molecular flexibility index (Phi) is 5.70. The second-order valence-electron chi connectivity index (χ2n) is 7.06. The number of hydrogen-bond donors (Lipinski definition) is 1. The van der Waals surface area contributed by atoms with Crippen LogP contribution in [0.25, 0.3) is 0 Å². The number of nitrogens with zero attached hydrogens (tertiary/aromatic N) is 6. The number of hydrogen-bond acceptors (Lipinski definition) is 5. The number of imidazole rings is 1. The molecule has 8 heteroatoms. The van der Waals surface area contributed by atoms with Crippen molar-refractivity contribution < 1.29 is 0 Å². The summed E-state index contributed by atoms with van der Waals surface area (Å²) < 4.78 is 3.48. The Hall–Kier alpha value is -1.93. The highest BCUT2D eigenvalue weighted by Crippen LogP contribution is 2.25. The van der Waals surface area contributed by atoms with Gasteiger partial charge >= 0.3 is 5.69 Å². The van der Waals surface area contributed by atoms with Crippen molar-refractivity contribution in [2.75, 3.05) is 33.7 Å². The molecule has 1 unspecified atom stereocenters. The zero-order valence-electron chi connectivity index (χ0n) is 15.5. The highest BCUT2D eigenvalue weighted by Gasteiger charge is 2.27. The average Bonchev–Trinajstić information content (AvgIpc) is 3.21. The number of piperidine rings is 1. The maximum absolute atomic E-state index is 12.6. The highest BCUT2D eigenvalue weighted by atomic mass is 16.2. The summed E-state index contributed by atoms with van der Waals surface area (Å²) in [7, 11) is 4.02. The molecule has 0 spiro atoms. The van der Waals surface area contributed by atoms with E-state index in [1.807, 2.05) is 31.8 Å². The number of likely N-dealkylation sites (N-methyl/N-ethyl adjacent to an activating group) is 1. The molecule has 1 N–H and O–H groups in total. The summed E-state index contributed by atoms with van der Waals surface area (Å²) in [6.07, 6.45) is 5.81. The Morgan fingerprint density at radius 3 is 2.92 bits per heavy atom. The molecule has 3 heterocycles. The van der Waals surface area contributed by atoms with Crippen molar-refractivity contribution in [2.45, 2.75) is 45.3 Å². The molecule has 0 bridgehead atoms. The molecule has 1 fully saturated rings. The van der Waals surface area contributed by atoms with Gasteiger partial charge < -0.3 is 9.88 Å². The maximum Gasteiger partial charge on any atom is 0.345 e. The SMILES string of the molecule is CCn1c(C2CCCN(Cc3cnc[nH]3)C2)nn(CCN(C)C)c1=O. The standard InChI is InChI=1S/C17H29N7O/c1-4-23-16(20-24(17(23)25)9-8-21(2)3)14-6-5-7-22(11-14)12-15-10-18-13-19-15/h10,13-14H,4-9,11-12H2,1-3H3,(H,18,19). The first-order valence-corrected chi connectivity index (χ1v) is 9.10. The molecule has 8 nitrogen and oxygen atoms in total. The van der Waals surface area contributed by atoms with E-state index in [0.717, 1.165) is 50.5 Å². The lowest BCUT2D eigenvalue weighted by Crippen LogP contribution is -2.35. The molecule has 0 radical (unpaired) electrons. The van der Waals surface area contributed by atoms with Crippen LogP contribution < -0.4 is 5.69 Å². The minimum Gasteiger partial charge on any atom is -0.347 e. The second-order valence-corrected chi connectivity index (χ2v) is 7.06. The first-order valence-electron chi connectivity index (χ1n) is 9.10. The third kappa shape index (κ3) is 4.19. The van der Waals surface area contributed by atoms with Gasteiger partial charge in [0.15, 0.2) is 0 Å². The van der Waals surface area contributed by atoms with Gasteiger partial charge in [0.25, 0.3) is 0 Å². The van der Waals surface area contributed by atoms with Crippen molar-refractivity contribution in [3.63, 3.8) is 0 Å². The summed E-state index contributed by atoms with van der Waals surface area (Å²) in [5.41, 5.74) is 1.15. The predicted molar refractivity (Wildman–Crippen MR) is 96.6 cm³/mol. The summed E-state index contributed by atoms with van der Waals surface area (Å²) in [4.78, 5) is 24.4. The number of nitrogens with one attached hydrogen (secondary N) is 1. The summed E-state index contributed by atoms with van der Waals surface area (Å²) in [6, 6.07) is 0. The molecule has 25 heavy (non-hydrogen) atoms. The zero-order chi connectivity index (χ0) is 17.8. The van der Waals surface area contributed by atoms with Gasteiger partial charge in [-0.3, -0.25) is 9.47 Å². The van der Waals surface area contributed by atoms with Crippen LogP contribution in [0.4, 0.5) is 0 Å². The molecule has 0 aromatic carbocycles. The fraction of sp³-hybridized carbons (Fsp3) is 0.706. The van der Waals surface area contributed by atoms with E-state index in [-0.39, 0.29) is 5.69 Å². The predicted octanol–water partition coefficient (Wildman–Crippen LogP) is 0.729. The first-order chi connectivity index (χ1) is 12.1. The van der Waals surface area contributed by atoms with Gasteiger partial charge in [0.05, 0.1) is 12.9 Å². The summed E-state index contributed by atoms with van der Waals surface area (Å²) in [6.45, 7) is 7.03. The van der Waals surface area contributed by atoms with Gasteiger partial charge in [-0.2, -0.15) is 5.10 Å². The van der Waals surface area contributed by atoms with Crippen molar-refractivity contribution in [3.8, 4) is 0 Å². The molecule has 138 valence electrons. The van der Waals surface area contributed by atoms with Crippen LogP contribution in [0, 0.1) is 0 Å². The van der Waals surface area contributed by atoms with E-state index in [1.54, 1.807) is 11.0 Å². The quantitative estimate of drug-likeness (QED) is 0.799. The van der Waals surface area contributed by atoms with Gasteiger partial charge in [-0.1, -0.05) is 0 Å². The van der Waals surface area contributed by atoms with E-state index in [1.165, 1.54) is 0 Å². The van der Waals surface area contributed by atoms with Gasteiger partial charge in [-0.25, -0.2) is 14.5 Å². The lowest BCUT2D eigenvalue weighted by Gasteiger charge is -2.31. The summed E-state index contributed by atoms with van der Waals surface area (Å²) >= 11 is 0. The molecule has 2 aromatic rings. The van der Waals surface area contributed by atoms with E-state index in [0.29, 0.717) is 19.0 Å². The molecule has 0 amide bonds. The number of aromatic nitrogens is 5. The largest absolute Gasteiger partial charge is 0.347 e. The van der Waals surface area contributed by atoms with E-state index >= 15 is 0 Å². The van der Waals surface area contributed by atoms with E-state index in [9.17, 15) is 4.79 Å². The molecule has 1 aliphatic heterocycles. The molecule has 1 saturated heterocycles. The van der Waals surface area contributed by atoms with Crippen molar-refractivity contribution >= 4 is 0 Å². The van der Waals surface area contributed by atoms with Crippen LogP contribution in [0.5, 0.6) is 0 Å². The maximum atomic E-state index is 12.6. The fourth-order valence-corrected chi connectivity index (χ4v) is 3.52. The molecule has 1 aliphatic rings. The normalized spacial score (nSPS) is 19.0. The lowest BCUT2D eigenvalue weighted by atomic mass is 9.97. The average molecular weight is 347 g/mol. The topological polar surface area (TPSA) is 75.0 Å². The van der Waals surface area contributed by atoms with E-state index in [2.05, 4.69) is 19.8 Å². The Balaban J connectivity index is 1.75. The molecule has 1 atom stereocenters. The molecule has 3 rings (SSSR count). The van der Waals surface area contributed by atoms with Crippen LogP contribution in [-0.4, -0.2) is 67.8 Å². The molecule has 2 aromatic heterocycles. The molecular formula is C17H29N7O. The molecule has 0 saturated carbocycles. The zero-order valence-corrected chi connectivity index (χ0v) is 15.5. The third-order valence-corrected chi connectivity index (χ3v) is 4.85. The van der Waals surface area contributed by atoms with Crippen LogP contribution in [0.3, 0.4) is 0 Å².